The highest BCUT2D eigenvalue weighted by Gasteiger charge is 2.29. The second-order valence-electron chi connectivity index (χ2n) is 8.00. The fourth-order valence-corrected chi connectivity index (χ4v) is 3.67. The summed E-state index contributed by atoms with van der Waals surface area (Å²) in [6.07, 6.45) is 2.31. The first-order valence-corrected chi connectivity index (χ1v) is 11.6. The summed E-state index contributed by atoms with van der Waals surface area (Å²) in [6, 6.07) is 13.0. The van der Waals surface area contributed by atoms with Crippen molar-refractivity contribution in [2.75, 3.05) is 0 Å². The number of hydrogen-bond donors (Lipinski definition) is 1. The van der Waals surface area contributed by atoms with Crippen LogP contribution in [0.5, 0.6) is 0 Å². The van der Waals surface area contributed by atoms with E-state index in [2.05, 4.69) is 5.32 Å². The topological polar surface area (TPSA) is 49.4 Å². The zero-order chi connectivity index (χ0) is 23.0. The van der Waals surface area contributed by atoms with Crippen LogP contribution in [0.4, 0.5) is 0 Å². The Hall–Kier alpha value is -2.04. The number of aryl methyl sites for hydroxylation is 2. The van der Waals surface area contributed by atoms with Crippen LogP contribution in [-0.4, -0.2) is 28.8 Å². The van der Waals surface area contributed by atoms with Crippen molar-refractivity contribution in [2.45, 2.75) is 72.0 Å². The van der Waals surface area contributed by atoms with Gasteiger partial charge in [-0.2, -0.15) is 0 Å². The molecule has 0 heterocycles. The van der Waals surface area contributed by atoms with Crippen molar-refractivity contribution >= 4 is 35.0 Å². The maximum absolute atomic E-state index is 13.3. The number of rotatable bonds is 10. The Morgan fingerprint density at radius 2 is 1.61 bits per heavy atom. The molecule has 168 valence electrons. The first-order chi connectivity index (χ1) is 14.7. The van der Waals surface area contributed by atoms with Crippen LogP contribution in [0.3, 0.4) is 0 Å². The molecule has 0 aliphatic rings. The molecule has 0 spiro atoms. The predicted molar refractivity (Wildman–Crippen MR) is 128 cm³/mol. The normalized spacial score (nSPS) is 12.8. The number of nitrogens with one attached hydrogen (secondary N) is 1. The lowest BCUT2D eigenvalue weighted by Crippen LogP contribution is -2.50. The van der Waals surface area contributed by atoms with Crippen LogP contribution >= 0.6 is 23.2 Å². The van der Waals surface area contributed by atoms with E-state index >= 15 is 0 Å². The lowest BCUT2D eigenvalue weighted by molar-refractivity contribution is -0.141. The molecule has 0 saturated carbocycles. The maximum atomic E-state index is 13.3. The Morgan fingerprint density at radius 3 is 2.19 bits per heavy atom. The van der Waals surface area contributed by atoms with Gasteiger partial charge in [0.15, 0.2) is 0 Å². The van der Waals surface area contributed by atoms with E-state index in [-0.39, 0.29) is 17.9 Å². The molecule has 0 saturated heterocycles. The van der Waals surface area contributed by atoms with Crippen molar-refractivity contribution in [3.05, 3.63) is 69.2 Å². The van der Waals surface area contributed by atoms with Gasteiger partial charge in [0.25, 0.3) is 0 Å². The van der Waals surface area contributed by atoms with Gasteiger partial charge in [-0.05, 0) is 56.4 Å². The third-order valence-corrected chi connectivity index (χ3v) is 6.21. The highest BCUT2D eigenvalue weighted by molar-refractivity contribution is 6.42. The van der Waals surface area contributed by atoms with Crippen LogP contribution in [0.2, 0.25) is 10.0 Å². The molecule has 0 aliphatic carbocycles. The van der Waals surface area contributed by atoms with Crippen molar-refractivity contribution in [3.63, 3.8) is 0 Å². The quantitative estimate of drug-likeness (QED) is 0.473. The summed E-state index contributed by atoms with van der Waals surface area (Å²) in [5, 5.41) is 3.92. The van der Waals surface area contributed by atoms with Crippen LogP contribution in [0.25, 0.3) is 0 Å². The fraction of sp³-hybridized carbons (Fsp3) is 0.440. The monoisotopic (exact) mass is 462 g/mol. The third-order valence-electron chi connectivity index (χ3n) is 5.47. The Morgan fingerprint density at radius 1 is 0.968 bits per heavy atom. The molecular formula is C25H32Cl2N2O2. The highest BCUT2D eigenvalue weighted by atomic mass is 35.5. The number of carbonyl (C=O) groups excluding carboxylic acids is 2. The molecule has 0 aliphatic heterocycles. The highest BCUT2D eigenvalue weighted by Crippen LogP contribution is 2.24. The maximum Gasteiger partial charge on any atom is 0.243 e. The predicted octanol–water partition coefficient (Wildman–Crippen LogP) is 5.96. The SMILES string of the molecule is CC[C@H](C)NC(=O)[C@H](CC)N(Cc1ccc(Cl)c(Cl)c1)C(=O)CCc1ccc(C)cc1. The number of halogens is 2. The Labute approximate surface area is 195 Å². The average Bonchev–Trinajstić information content (AvgIpc) is 2.75. The van der Waals surface area contributed by atoms with Crippen LogP contribution in [0.1, 0.15) is 56.7 Å². The van der Waals surface area contributed by atoms with E-state index in [1.807, 2.05) is 58.0 Å². The minimum Gasteiger partial charge on any atom is -0.352 e. The second-order valence-corrected chi connectivity index (χ2v) is 8.81. The van der Waals surface area contributed by atoms with Gasteiger partial charge in [-0.3, -0.25) is 9.59 Å². The van der Waals surface area contributed by atoms with E-state index in [0.717, 1.165) is 17.5 Å². The molecule has 1 N–H and O–H groups in total. The van der Waals surface area contributed by atoms with Crippen molar-refractivity contribution < 1.29 is 9.59 Å². The largest absolute Gasteiger partial charge is 0.352 e. The van der Waals surface area contributed by atoms with Crippen LogP contribution in [0.15, 0.2) is 42.5 Å². The van der Waals surface area contributed by atoms with Crippen molar-refractivity contribution in [1.29, 1.82) is 0 Å². The van der Waals surface area contributed by atoms with Gasteiger partial charge in [-0.1, -0.05) is 72.9 Å². The third kappa shape index (κ3) is 7.55. The van der Waals surface area contributed by atoms with E-state index in [0.29, 0.717) is 35.9 Å². The number of nitrogens with zero attached hydrogens (tertiary/aromatic N) is 1. The number of amides is 2. The van der Waals surface area contributed by atoms with E-state index in [1.165, 1.54) is 5.56 Å². The number of benzene rings is 2. The summed E-state index contributed by atoms with van der Waals surface area (Å²) in [5.41, 5.74) is 3.13. The Balaban J connectivity index is 2.23. The molecule has 31 heavy (non-hydrogen) atoms. The Kier molecular flexibility index (Phi) is 9.86. The zero-order valence-electron chi connectivity index (χ0n) is 18.8. The standard InChI is InChI=1S/C25H32Cl2N2O2/c1-5-18(4)28-25(31)23(6-2)29(16-20-11-13-21(26)22(27)15-20)24(30)14-12-19-9-7-17(3)8-10-19/h7-11,13,15,18,23H,5-6,12,14,16H2,1-4H3,(H,28,31)/t18-,23-/m0/s1. The molecule has 2 amide bonds. The number of carbonyl (C=O) groups is 2. The summed E-state index contributed by atoms with van der Waals surface area (Å²) in [5.74, 6) is -0.182. The molecule has 2 atom stereocenters. The first-order valence-electron chi connectivity index (χ1n) is 10.8. The van der Waals surface area contributed by atoms with Crippen molar-refractivity contribution in [1.82, 2.24) is 10.2 Å². The first kappa shape index (κ1) is 25.2. The summed E-state index contributed by atoms with van der Waals surface area (Å²) in [7, 11) is 0. The molecule has 0 unspecified atom stereocenters. The molecule has 0 bridgehead atoms. The van der Waals surface area contributed by atoms with Gasteiger partial charge in [0, 0.05) is 19.0 Å². The molecule has 2 aromatic carbocycles. The van der Waals surface area contributed by atoms with Gasteiger partial charge in [0.2, 0.25) is 11.8 Å². The van der Waals surface area contributed by atoms with Gasteiger partial charge in [-0.25, -0.2) is 0 Å². The van der Waals surface area contributed by atoms with E-state index in [4.69, 9.17) is 23.2 Å². The smallest absolute Gasteiger partial charge is 0.243 e. The second kappa shape index (κ2) is 12.1. The lowest BCUT2D eigenvalue weighted by atomic mass is 10.0. The van der Waals surface area contributed by atoms with Crippen molar-refractivity contribution in [2.24, 2.45) is 0 Å². The summed E-state index contributed by atoms with van der Waals surface area (Å²) < 4.78 is 0. The van der Waals surface area contributed by atoms with Gasteiger partial charge < -0.3 is 10.2 Å². The van der Waals surface area contributed by atoms with E-state index in [9.17, 15) is 9.59 Å². The van der Waals surface area contributed by atoms with Gasteiger partial charge >= 0.3 is 0 Å². The zero-order valence-corrected chi connectivity index (χ0v) is 20.3. The molecule has 2 rings (SSSR count). The van der Waals surface area contributed by atoms with Crippen molar-refractivity contribution in [3.8, 4) is 0 Å². The van der Waals surface area contributed by atoms with Crippen LogP contribution in [-0.2, 0) is 22.6 Å². The molecular weight excluding hydrogens is 431 g/mol. The number of hydrogen-bond acceptors (Lipinski definition) is 2. The summed E-state index contributed by atoms with van der Waals surface area (Å²) in [4.78, 5) is 27.9. The van der Waals surface area contributed by atoms with Gasteiger partial charge in [0.05, 0.1) is 10.0 Å². The molecule has 0 fully saturated rings. The van der Waals surface area contributed by atoms with Gasteiger partial charge in [0.1, 0.15) is 6.04 Å². The molecule has 0 aromatic heterocycles. The Bertz CT molecular complexity index is 884. The van der Waals surface area contributed by atoms with Gasteiger partial charge in [-0.15, -0.1) is 0 Å². The lowest BCUT2D eigenvalue weighted by Gasteiger charge is -2.31. The molecule has 2 aromatic rings. The summed E-state index contributed by atoms with van der Waals surface area (Å²) in [6.45, 7) is 8.25. The summed E-state index contributed by atoms with van der Waals surface area (Å²) >= 11 is 12.2. The average molecular weight is 463 g/mol. The fourth-order valence-electron chi connectivity index (χ4n) is 3.34. The van der Waals surface area contributed by atoms with E-state index < -0.39 is 6.04 Å². The van der Waals surface area contributed by atoms with Crippen LogP contribution < -0.4 is 5.32 Å². The van der Waals surface area contributed by atoms with E-state index in [1.54, 1.807) is 17.0 Å². The molecule has 0 radical (unpaired) electrons. The minimum absolute atomic E-state index is 0.0519. The van der Waals surface area contributed by atoms with Crippen LogP contribution in [0, 0.1) is 6.92 Å². The minimum atomic E-state index is -0.547. The molecule has 6 heteroatoms. The molecule has 4 nitrogen and oxygen atoms in total.